The Morgan fingerprint density at radius 3 is 2.85 bits per heavy atom. The summed E-state index contributed by atoms with van der Waals surface area (Å²) >= 11 is 5.69. The van der Waals surface area contributed by atoms with E-state index >= 15 is 0 Å². The number of rotatable bonds is 3. The zero-order valence-electron chi connectivity index (χ0n) is 6.53. The van der Waals surface area contributed by atoms with E-state index in [1.54, 1.807) is 0 Å². The van der Waals surface area contributed by atoms with E-state index < -0.39 is 5.97 Å². The van der Waals surface area contributed by atoms with E-state index in [0.717, 1.165) is 0 Å². The van der Waals surface area contributed by atoms with Crippen LogP contribution in [0.1, 0.15) is 16.1 Å². The molecule has 0 aromatic carbocycles. The van der Waals surface area contributed by atoms with Gasteiger partial charge in [-0.1, -0.05) is 11.6 Å². The van der Waals surface area contributed by atoms with Crippen LogP contribution in [-0.2, 0) is 11.2 Å². The van der Waals surface area contributed by atoms with Crippen molar-refractivity contribution in [3.8, 4) is 0 Å². The average Bonchev–Trinajstić information content (AvgIpc) is 2.08. The van der Waals surface area contributed by atoms with Gasteiger partial charge < -0.3 is 9.90 Å². The summed E-state index contributed by atoms with van der Waals surface area (Å²) in [6.07, 6.45) is 2.12. The van der Waals surface area contributed by atoms with Gasteiger partial charge in [0.1, 0.15) is 12.0 Å². The fraction of sp³-hybridized carbons (Fsp3) is 0.125. The van der Waals surface area contributed by atoms with Crippen LogP contribution in [0.4, 0.5) is 0 Å². The first kappa shape index (κ1) is 9.67. The smallest absolute Gasteiger partial charge is 0.354 e. The number of aromatic nitrogens is 1. The largest absolute Gasteiger partial charge is 0.477 e. The molecule has 1 heterocycles. The maximum Gasteiger partial charge on any atom is 0.354 e. The maximum atomic E-state index is 10.4. The third-order valence-corrected chi connectivity index (χ3v) is 1.80. The van der Waals surface area contributed by atoms with Gasteiger partial charge in [-0.25, -0.2) is 9.78 Å². The first-order valence-electron chi connectivity index (χ1n) is 3.46. The first-order chi connectivity index (χ1) is 6.15. The molecule has 5 heteroatoms. The van der Waals surface area contributed by atoms with Crippen LogP contribution < -0.4 is 0 Å². The Morgan fingerprint density at radius 1 is 1.69 bits per heavy atom. The molecule has 1 rings (SSSR count). The standard InChI is InChI=1S/C8H6ClNO3/c9-6-3-7(8(12)13)10-4-5(6)1-2-11/h2-4H,1H2,(H,12,13). The second kappa shape index (κ2) is 4.00. The van der Waals surface area contributed by atoms with Gasteiger partial charge in [-0.05, 0) is 11.6 Å². The molecule has 0 unspecified atom stereocenters. The van der Waals surface area contributed by atoms with Gasteiger partial charge in [0, 0.05) is 17.6 Å². The summed E-state index contributed by atoms with van der Waals surface area (Å²) < 4.78 is 0. The van der Waals surface area contributed by atoms with Gasteiger partial charge >= 0.3 is 5.97 Å². The van der Waals surface area contributed by atoms with Crippen LogP contribution >= 0.6 is 11.6 Å². The Hall–Kier alpha value is -1.42. The van der Waals surface area contributed by atoms with Gasteiger partial charge in [-0.15, -0.1) is 0 Å². The second-order valence-corrected chi connectivity index (χ2v) is 2.74. The lowest BCUT2D eigenvalue weighted by atomic mass is 10.2. The first-order valence-corrected chi connectivity index (χ1v) is 3.84. The summed E-state index contributed by atoms with van der Waals surface area (Å²) in [5, 5.41) is 8.79. The van der Waals surface area contributed by atoms with Crippen molar-refractivity contribution in [1.29, 1.82) is 0 Å². The number of halogens is 1. The molecule has 0 aliphatic heterocycles. The number of carboxylic acid groups (broad SMARTS) is 1. The van der Waals surface area contributed by atoms with Crippen molar-refractivity contribution in [1.82, 2.24) is 4.98 Å². The molecule has 1 aromatic rings. The minimum atomic E-state index is -1.14. The Morgan fingerprint density at radius 2 is 2.38 bits per heavy atom. The molecule has 0 bridgehead atoms. The van der Waals surface area contributed by atoms with Crippen LogP contribution in [0.5, 0.6) is 0 Å². The molecule has 4 nitrogen and oxygen atoms in total. The van der Waals surface area contributed by atoms with E-state index in [0.29, 0.717) is 11.8 Å². The predicted octanol–water partition coefficient (Wildman–Crippen LogP) is 1.17. The monoisotopic (exact) mass is 199 g/mol. The zero-order chi connectivity index (χ0) is 9.84. The summed E-state index contributed by atoms with van der Waals surface area (Å²) in [5.41, 5.74) is 0.404. The maximum absolute atomic E-state index is 10.4. The molecule has 1 aromatic heterocycles. The highest BCUT2D eigenvalue weighted by molar-refractivity contribution is 6.31. The van der Waals surface area contributed by atoms with E-state index in [9.17, 15) is 9.59 Å². The molecule has 13 heavy (non-hydrogen) atoms. The van der Waals surface area contributed by atoms with E-state index in [1.807, 2.05) is 0 Å². The molecular formula is C8H6ClNO3. The number of aldehydes is 1. The van der Waals surface area contributed by atoms with Crippen molar-refractivity contribution in [2.45, 2.75) is 6.42 Å². The lowest BCUT2D eigenvalue weighted by Gasteiger charge is -1.99. The van der Waals surface area contributed by atoms with Gasteiger partial charge in [-0.3, -0.25) is 0 Å². The lowest BCUT2D eigenvalue weighted by Crippen LogP contribution is -2.01. The summed E-state index contributed by atoms with van der Waals surface area (Å²) in [7, 11) is 0. The van der Waals surface area contributed by atoms with E-state index in [2.05, 4.69) is 4.98 Å². The minimum Gasteiger partial charge on any atom is -0.477 e. The molecule has 0 saturated carbocycles. The van der Waals surface area contributed by atoms with Crippen molar-refractivity contribution in [2.24, 2.45) is 0 Å². The van der Waals surface area contributed by atoms with Crippen molar-refractivity contribution in [3.05, 3.63) is 28.5 Å². The fourth-order valence-electron chi connectivity index (χ4n) is 0.816. The summed E-state index contributed by atoms with van der Waals surface area (Å²) in [6.45, 7) is 0. The van der Waals surface area contributed by atoms with E-state index in [-0.39, 0.29) is 17.1 Å². The lowest BCUT2D eigenvalue weighted by molar-refractivity contribution is -0.107. The number of aromatic carboxylic acids is 1. The Bertz CT molecular complexity index is 351. The number of carbonyl (C=O) groups excluding carboxylic acids is 1. The molecule has 0 saturated heterocycles. The average molecular weight is 200 g/mol. The number of carbonyl (C=O) groups is 2. The Labute approximate surface area is 79.2 Å². The minimum absolute atomic E-state index is 0.125. The molecule has 0 fully saturated rings. The van der Waals surface area contributed by atoms with Crippen LogP contribution in [0.3, 0.4) is 0 Å². The molecule has 0 aliphatic rings. The van der Waals surface area contributed by atoms with Gasteiger partial charge in [0.2, 0.25) is 0 Å². The number of pyridine rings is 1. The molecule has 0 atom stereocenters. The van der Waals surface area contributed by atoms with Gasteiger partial charge in [-0.2, -0.15) is 0 Å². The van der Waals surface area contributed by atoms with Crippen molar-refractivity contribution < 1.29 is 14.7 Å². The molecule has 0 radical (unpaired) electrons. The molecule has 68 valence electrons. The van der Waals surface area contributed by atoms with E-state index in [1.165, 1.54) is 12.3 Å². The van der Waals surface area contributed by atoms with Crippen LogP contribution in [0.15, 0.2) is 12.3 Å². The molecular weight excluding hydrogens is 194 g/mol. The zero-order valence-corrected chi connectivity index (χ0v) is 7.28. The summed E-state index contributed by atoms with van der Waals surface area (Å²) in [6, 6.07) is 1.22. The van der Waals surface area contributed by atoms with Gasteiger partial charge in [0.15, 0.2) is 0 Å². The number of hydrogen-bond donors (Lipinski definition) is 1. The van der Waals surface area contributed by atoms with Gasteiger partial charge in [0.25, 0.3) is 0 Å². The quantitative estimate of drug-likeness (QED) is 0.743. The SMILES string of the molecule is O=CCc1cnc(C(=O)O)cc1Cl. The van der Waals surface area contributed by atoms with Crippen molar-refractivity contribution >= 4 is 23.9 Å². The van der Waals surface area contributed by atoms with Crippen LogP contribution in [0.2, 0.25) is 5.02 Å². The number of nitrogens with zero attached hydrogens (tertiary/aromatic N) is 1. The van der Waals surface area contributed by atoms with Crippen molar-refractivity contribution in [2.75, 3.05) is 0 Å². The topological polar surface area (TPSA) is 67.3 Å². The highest BCUT2D eigenvalue weighted by atomic mass is 35.5. The summed E-state index contributed by atoms with van der Waals surface area (Å²) in [4.78, 5) is 24.2. The highest BCUT2D eigenvalue weighted by Crippen LogP contribution is 2.15. The Kier molecular flexibility index (Phi) is 2.97. The predicted molar refractivity (Wildman–Crippen MR) is 46.0 cm³/mol. The number of carboxylic acids is 1. The Balaban J connectivity index is 3.04. The molecule has 0 amide bonds. The molecule has 1 N–H and O–H groups in total. The third kappa shape index (κ3) is 2.26. The van der Waals surface area contributed by atoms with Crippen LogP contribution in [0, 0.1) is 0 Å². The fourth-order valence-corrected chi connectivity index (χ4v) is 1.05. The van der Waals surface area contributed by atoms with Crippen molar-refractivity contribution in [3.63, 3.8) is 0 Å². The van der Waals surface area contributed by atoms with E-state index in [4.69, 9.17) is 16.7 Å². The molecule has 0 aliphatic carbocycles. The van der Waals surface area contributed by atoms with Crippen LogP contribution in [0.25, 0.3) is 0 Å². The normalized spacial score (nSPS) is 9.62. The highest BCUT2D eigenvalue weighted by Gasteiger charge is 2.07. The molecule has 0 spiro atoms. The summed E-state index contributed by atoms with van der Waals surface area (Å²) in [5.74, 6) is -1.14. The van der Waals surface area contributed by atoms with Gasteiger partial charge in [0.05, 0.1) is 0 Å². The van der Waals surface area contributed by atoms with Crippen LogP contribution in [-0.4, -0.2) is 22.3 Å². The second-order valence-electron chi connectivity index (χ2n) is 2.34. The number of hydrogen-bond acceptors (Lipinski definition) is 3. The third-order valence-electron chi connectivity index (χ3n) is 1.45.